The molecule has 0 bridgehead atoms. The highest BCUT2D eigenvalue weighted by Gasteiger charge is 2.19. The summed E-state index contributed by atoms with van der Waals surface area (Å²) in [7, 11) is 1.33. The fourth-order valence-electron chi connectivity index (χ4n) is 3.26. The minimum absolute atomic E-state index is 0.0422. The summed E-state index contributed by atoms with van der Waals surface area (Å²) < 4.78 is 10.2. The molecule has 1 fully saturated rings. The van der Waals surface area contributed by atoms with Crippen molar-refractivity contribution in [3.05, 3.63) is 59.7 Å². The average molecular weight is 412 g/mol. The van der Waals surface area contributed by atoms with Crippen LogP contribution in [0, 0.1) is 0 Å². The molecule has 160 valence electrons. The standard InChI is InChI=1S/C23H29N3O4/c1-17(8-9-18-6-4-3-5-7-18)24-23(26-12-14-30-15-13-26)25-20-16-19(22(28)29-2)10-11-21(20)27/h3-7,10-11,16-17,27H,8-9,12-15H2,1-2H3,(H,24,25). The minimum Gasteiger partial charge on any atom is -0.506 e. The summed E-state index contributed by atoms with van der Waals surface area (Å²) >= 11 is 0. The van der Waals surface area contributed by atoms with Crippen molar-refractivity contribution in [3.63, 3.8) is 0 Å². The highest BCUT2D eigenvalue weighted by Crippen LogP contribution is 2.25. The Bertz CT molecular complexity index is 864. The van der Waals surface area contributed by atoms with E-state index in [1.54, 1.807) is 6.07 Å². The number of aryl methyl sites for hydroxylation is 1. The normalized spacial score (nSPS) is 15.5. The number of hydrogen-bond acceptors (Lipinski definition) is 5. The SMILES string of the molecule is COC(=O)c1ccc(O)c(NC(=NC(C)CCc2ccccc2)N2CCOCC2)c1. The number of anilines is 1. The minimum atomic E-state index is -0.459. The molecule has 7 nitrogen and oxygen atoms in total. The van der Waals surface area contributed by atoms with Crippen LogP contribution in [0.1, 0.15) is 29.3 Å². The number of phenols is 1. The Labute approximate surface area is 177 Å². The Morgan fingerprint density at radius 1 is 1.23 bits per heavy atom. The lowest BCUT2D eigenvalue weighted by atomic mass is 10.1. The highest BCUT2D eigenvalue weighted by molar-refractivity contribution is 5.97. The van der Waals surface area contributed by atoms with Crippen molar-refractivity contribution in [2.24, 2.45) is 4.99 Å². The maximum Gasteiger partial charge on any atom is 0.337 e. The predicted molar refractivity (Wildman–Crippen MR) is 117 cm³/mol. The Kier molecular flexibility index (Phi) is 7.68. The van der Waals surface area contributed by atoms with Crippen molar-refractivity contribution in [2.45, 2.75) is 25.8 Å². The molecule has 0 spiro atoms. The quantitative estimate of drug-likeness (QED) is 0.328. The maximum atomic E-state index is 11.9. The molecule has 1 atom stereocenters. The van der Waals surface area contributed by atoms with Gasteiger partial charge in [0.2, 0.25) is 0 Å². The monoisotopic (exact) mass is 411 g/mol. The first kappa shape index (κ1) is 21.6. The van der Waals surface area contributed by atoms with Gasteiger partial charge < -0.3 is 24.8 Å². The Morgan fingerprint density at radius 3 is 2.67 bits per heavy atom. The molecule has 2 aromatic carbocycles. The number of phenolic OH excluding ortho intramolecular Hbond substituents is 1. The molecule has 0 saturated carbocycles. The maximum absolute atomic E-state index is 11.9. The molecule has 30 heavy (non-hydrogen) atoms. The molecule has 7 heteroatoms. The number of carbonyl (C=O) groups is 1. The van der Waals surface area contributed by atoms with E-state index in [0.29, 0.717) is 43.5 Å². The smallest absolute Gasteiger partial charge is 0.337 e. The summed E-state index contributed by atoms with van der Waals surface area (Å²) in [5.41, 5.74) is 2.05. The first-order valence-electron chi connectivity index (χ1n) is 10.2. The molecular formula is C23H29N3O4. The summed E-state index contributed by atoms with van der Waals surface area (Å²) in [6.07, 6.45) is 1.83. The van der Waals surface area contributed by atoms with Crippen LogP contribution in [0.5, 0.6) is 5.75 Å². The van der Waals surface area contributed by atoms with Crippen molar-refractivity contribution in [1.29, 1.82) is 0 Å². The van der Waals surface area contributed by atoms with E-state index in [2.05, 4.69) is 29.3 Å². The molecule has 2 N–H and O–H groups in total. The van der Waals surface area contributed by atoms with Gasteiger partial charge in [-0.15, -0.1) is 0 Å². The average Bonchev–Trinajstić information content (AvgIpc) is 2.79. The molecule has 1 aliphatic heterocycles. The van der Waals surface area contributed by atoms with Crippen molar-refractivity contribution in [2.75, 3.05) is 38.7 Å². The third-order valence-electron chi connectivity index (χ3n) is 5.01. The van der Waals surface area contributed by atoms with Crippen molar-refractivity contribution in [1.82, 2.24) is 4.90 Å². The Hall–Kier alpha value is -3.06. The number of nitrogens with one attached hydrogen (secondary N) is 1. The second kappa shape index (κ2) is 10.6. The number of rotatable bonds is 6. The first-order valence-corrected chi connectivity index (χ1v) is 10.2. The zero-order chi connectivity index (χ0) is 21.3. The Balaban J connectivity index is 1.78. The molecule has 0 radical (unpaired) electrons. The molecule has 1 aliphatic rings. The van der Waals surface area contributed by atoms with E-state index in [1.807, 2.05) is 18.2 Å². The second-order valence-corrected chi connectivity index (χ2v) is 7.27. The van der Waals surface area contributed by atoms with Gasteiger partial charge in [0.15, 0.2) is 5.96 Å². The van der Waals surface area contributed by atoms with Crippen LogP contribution < -0.4 is 5.32 Å². The van der Waals surface area contributed by atoms with Crippen LogP contribution in [0.25, 0.3) is 0 Å². The number of carbonyl (C=O) groups excluding carboxylic acids is 1. The number of morpholine rings is 1. The molecular weight excluding hydrogens is 382 g/mol. The molecule has 2 aromatic rings. The zero-order valence-electron chi connectivity index (χ0n) is 17.5. The van der Waals surface area contributed by atoms with Crippen LogP contribution in [0.3, 0.4) is 0 Å². The van der Waals surface area contributed by atoms with E-state index in [4.69, 9.17) is 14.5 Å². The largest absolute Gasteiger partial charge is 0.506 e. The summed E-state index contributed by atoms with van der Waals surface area (Å²) in [4.78, 5) is 18.9. The van der Waals surface area contributed by atoms with Crippen molar-refractivity contribution >= 4 is 17.6 Å². The lowest BCUT2D eigenvalue weighted by molar-refractivity contribution is 0.0601. The highest BCUT2D eigenvalue weighted by atomic mass is 16.5. The van der Waals surface area contributed by atoms with Gasteiger partial charge in [0.05, 0.1) is 37.6 Å². The lowest BCUT2D eigenvalue weighted by Gasteiger charge is -2.31. The van der Waals surface area contributed by atoms with Gasteiger partial charge in [-0.1, -0.05) is 30.3 Å². The van der Waals surface area contributed by atoms with Gasteiger partial charge in [-0.25, -0.2) is 9.79 Å². The molecule has 1 unspecified atom stereocenters. The summed E-state index contributed by atoms with van der Waals surface area (Å²) in [5, 5.41) is 13.5. The van der Waals surface area contributed by atoms with Crippen LogP contribution in [-0.2, 0) is 15.9 Å². The van der Waals surface area contributed by atoms with Gasteiger partial charge in [-0.05, 0) is 43.5 Å². The van der Waals surface area contributed by atoms with Crippen LogP contribution >= 0.6 is 0 Å². The van der Waals surface area contributed by atoms with Gasteiger partial charge in [0, 0.05) is 13.1 Å². The van der Waals surface area contributed by atoms with Gasteiger partial charge in [0.1, 0.15) is 5.75 Å². The zero-order valence-corrected chi connectivity index (χ0v) is 17.5. The third-order valence-corrected chi connectivity index (χ3v) is 5.01. The van der Waals surface area contributed by atoms with E-state index in [-0.39, 0.29) is 11.8 Å². The van der Waals surface area contributed by atoms with Crippen LogP contribution in [0.4, 0.5) is 5.69 Å². The first-order chi connectivity index (χ1) is 14.6. The Morgan fingerprint density at radius 2 is 1.97 bits per heavy atom. The van der Waals surface area contributed by atoms with Crippen LogP contribution in [-0.4, -0.2) is 61.4 Å². The molecule has 0 aromatic heterocycles. The van der Waals surface area contributed by atoms with E-state index in [9.17, 15) is 9.90 Å². The number of guanidine groups is 1. The van der Waals surface area contributed by atoms with E-state index in [0.717, 1.165) is 12.8 Å². The van der Waals surface area contributed by atoms with Gasteiger partial charge in [-0.3, -0.25) is 0 Å². The fraction of sp³-hybridized carbons (Fsp3) is 0.391. The summed E-state index contributed by atoms with van der Waals surface area (Å²) in [6, 6.07) is 15.0. The topological polar surface area (TPSA) is 83.4 Å². The number of methoxy groups -OCH3 is 1. The van der Waals surface area contributed by atoms with Gasteiger partial charge in [-0.2, -0.15) is 0 Å². The number of benzene rings is 2. The summed E-state index contributed by atoms with van der Waals surface area (Å²) in [6.45, 7) is 4.72. The van der Waals surface area contributed by atoms with Crippen molar-refractivity contribution in [3.8, 4) is 5.75 Å². The summed E-state index contributed by atoms with van der Waals surface area (Å²) in [5.74, 6) is 0.246. The number of nitrogens with zero attached hydrogens (tertiary/aromatic N) is 2. The predicted octanol–water partition coefficient (Wildman–Crippen LogP) is 3.30. The molecule has 0 aliphatic carbocycles. The van der Waals surface area contributed by atoms with E-state index < -0.39 is 5.97 Å². The number of esters is 1. The van der Waals surface area contributed by atoms with Crippen molar-refractivity contribution < 1.29 is 19.4 Å². The van der Waals surface area contributed by atoms with Gasteiger partial charge >= 0.3 is 5.97 Å². The van der Waals surface area contributed by atoms with E-state index in [1.165, 1.54) is 24.8 Å². The number of ether oxygens (including phenoxy) is 2. The molecule has 1 saturated heterocycles. The number of aliphatic imine (C=N–C) groups is 1. The second-order valence-electron chi connectivity index (χ2n) is 7.27. The van der Waals surface area contributed by atoms with E-state index >= 15 is 0 Å². The molecule has 3 rings (SSSR count). The lowest BCUT2D eigenvalue weighted by Crippen LogP contribution is -2.44. The number of hydrogen-bond donors (Lipinski definition) is 2. The third kappa shape index (κ3) is 5.97. The van der Waals surface area contributed by atoms with Crippen LogP contribution in [0.2, 0.25) is 0 Å². The number of aromatic hydroxyl groups is 1. The fourth-order valence-corrected chi connectivity index (χ4v) is 3.26. The molecule has 0 amide bonds. The molecule has 1 heterocycles. The van der Waals surface area contributed by atoms with Gasteiger partial charge in [0.25, 0.3) is 0 Å². The van der Waals surface area contributed by atoms with Crippen LogP contribution in [0.15, 0.2) is 53.5 Å².